The third-order valence-corrected chi connectivity index (χ3v) is 4.69. The highest BCUT2D eigenvalue weighted by Crippen LogP contribution is 2.17. The highest BCUT2D eigenvalue weighted by Gasteiger charge is 2.21. The molecule has 2 N–H and O–H groups in total. The molecule has 1 fully saturated rings. The van der Waals surface area contributed by atoms with Crippen molar-refractivity contribution in [3.05, 3.63) is 0 Å². The number of aliphatic imine (C=N–C) groups is 1. The SMILES string of the molecule is CCCCCC(C)NC(=NC)NCC1CCCN(C(C)C)C1. The van der Waals surface area contributed by atoms with Crippen LogP contribution in [0.3, 0.4) is 0 Å². The number of hydrogen-bond acceptors (Lipinski definition) is 2. The maximum absolute atomic E-state index is 4.38. The van der Waals surface area contributed by atoms with E-state index in [1.165, 1.54) is 51.6 Å². The van der Waals surface area contributed by atoms with Crippen LogP contribution in [0.15, 0.2) is 4.99 Å². The van der Waals surface area contributed by atoms with Crippen molar-refractivity contribution in [2.45, 2.75) is 78.3 Å². The Labute approximate surface area is 138 Å². The fourth-order valence-corrected chi connectivity index (χ4v) is 3.17. The minimum atomic E-state index is 0.497. The van der Waals surface area contributed by atoms with E-state index >= 15 is 0 Å². The summed E-state index contributed by atoms with van der Waals surface area (Å²) in [6, 6.07) is 1.16. The first-order chi connectivity index (χ1) is 10.6. The quantitative estimate of drug-likeness (QED) is 0.411. The smallest absolute Gasteiger partial charge is 0.191 e. The topological polar surface area (TPSA) is 39.7 Å². The van der Waals surface area contributed by atoms with E-state index in [9.17, 15) is 0 Å². The van der Waals surface area contributed by atoms with Crippen LogP contribution in [0.2, 0.25) is 0 Å². The van der Waals surface area contributed by atoms with Gasteiger partial charge in [0.25, 0.3) is 0 Å². The van der Waals surface area contributed by atoms with Crippen molar-refractivity contribution in [1.82, 2.24) is 15.5 Å². The molecular weight excluding hydrogens is 272 g/mol. The van der Waals surface area contributed by atoms with E-state index in [1.807, 2.05) is 7.05 Å². The van der Waals surface area contributed by atoms with Crippen molar-refractivity contribution in [1.29, 1.82) is 0 Å². The van der Waals surface area contributed by atoms with Crippen LogP contribution in [-0.4, -0.2) is 49.6 Å². The molecule has 1 aliphatic heterocycles. The zero-order valence-electron chi connectivity index (χ0n) is 15.5. The van der Waals surface area contributed by atoms with Crippen LogP contribution in [0, 0.1) is 5.92 Å². The van der Waals surface area contributed by atoms with Crippen LogP contribution in [0.25, 0.3) is 0 Å². The summed E-state index contributed by atoms with van der Waals surface area (Å²) in [5.74, 6) is 1.70. The fraction of sp³-hybridized carbons (Fsp3) is 0.944. The molecule has 0 aliphatic carbocycles. The molecule has 0 saturated carbocycles. The highest BCUT2D eigenvalue weighted by atomic mass is 15.2. The predicted molar refractivity (Wildman–Crippen MR) is 97.5 cm³/mol. The normalized spacial score (nSPS) is 21.9. The van der Waals surface area contributed by atoms with Gasteiger partial charge in [0.2, 0.25) is 0 Å². The first-order valence-electron chi connectivity index (χ1n) is 9.28. The van der Waals surface area contributed by atoms with Crippen molar-refractivity contribution in [2.24, 2.45) is 10.9 Å². The molecule has 0 bridgehead atoms. The third kappa shape index (κ3) is 7.48. The van der Waals surface area contributed by atoms with Crippen molar-refractivity contribution >= 4 is 5.96 Å². The number of hydrogen-bond donors (Lipinski definition) is 2. The molecule has 4 heteroatoms. The van der Waals surface area contributed by atoms with Gasteiger partial charge in [-0.3, -0.25) is 4.99 Å². The molecule has 0 aromatic rings. The molecule has 0 aromatic carbocycles. The number of nitrogens with zero attached hydrogens (tertiary/aromatic N) is 2. The van der Waals surface area contributed by atoms with Gasteiger partial charge in [-0.1, -0.05) is 26.2 Å². The largest absolute Gasteiger partial charge is 0.356 e. The molecule has 1 saturated heterocycles. The minimum absolute atomic E-state index is 0.497. The first kappa shape index (κ1) is 19.3. The van der Waals surface area contributed by atoms with E-state index < -0.39 is 0 Å². The standard InChI is InChI=1S/C18H38N4/c1-6-7-8-10-16(4)21-18(19-5)20-13-17-11-9-12-22(14-17)15(2)3/h15-17H,6-14H2,1-5H3,(H2,19,20,21). The Morgan fingerprint density at radius 3 is 2.68 bits per heavy atom. The molecule has 1 aliphatic rings. The number of piperidine rings is 1. The lowest BCUT2D eigenvalue weighted by atomic mass is 9.97. The van der Waals surface area contributed by atoms with Gasteiger partial charge in [-0.25, -0.2) is 0 Å². The van der Waals surface area contributed by atoms with E-state index in [4.69, 9.17) is 0 Å². The molecule has 0 aromatic heterocycles. The Hall–Kier alpha value is -0.770. The predicted octanol–water partition coefficient (Wildman–Crippen LogP) is 3.24. The summed E-state index contributed by atoms with van der Waals surface area (Å²) in [5, 5.41) is 7.06. The third-order valence-electron chi connectivity index (χ3n) is 4.69. The van der Waals surface area contributed by atoms with Gasteiger partial charge < -0.3 is 15.5 Å². The van der Waals surface area contributed by atoms with Gasteiger partial charge in [-0.2, -0.15) is 0 Å². The molecule has 2 unspecified atom stereocenters. The summed E-state index contributed by atoms with van der Waals surface area (Å²) in [6.45, 7) is 12.6. The second-order valence-electron chi connectivity index (χ2n) is 7.09. The molecule has 4 nitrogen and oxygen atoms in total. The average Bonchev–Trinajstić information content (AvgIpc) is 2.52. The monoisotopic (exact) mass is 310 g/mol. The molecule has 0 spiro atoms. The Morgan fingerprint density at radius 2 is 2.05 bits per heavy atom. The van der Waals surface area contributed by atoms with Crippen LogP contribution in [0.4, 0.5) is 0 Å². The second-order valence-corrected chi connectivity index (χ2v) is 7.09. The van der Waals surface area contributed by atoms with Gasteiger partial charge in [0.1, 0.15) is 0 Å². The van der Waals surface area contributed by atoms with E-state index in [1.54, 1.807) is 0 Å². The van der Waals surface area contributed by atoms with Gasteiger partial charge in [0.05, 0.1) is 0 Å². The van der Waals surface area contributed by atoms with E-state index in [0.29, 0.717) is 12.1 Å². The Bertz CT molecular complexity index is 314. The van der Waals surface area contributed by atoms with Gasteiger partial charge in [0, 0.05) is 32.2 Å². The van der Waals surface area contributed by atoms with E-state index in [0.717, 1.165) is 18.4 Å². The number of rotatable bonds is 8. The maximum atomic E-state index is 4.38. The molecule has 0 radical (unpaired) electrons. The van der Waals surface area contributed by atoms with Gasteiger partial charge >= 0.3 is 0 Å². The first-order valence-corrected chi connectivity index (χ1v) is 9.28. The zero-order valence-corrected chi connectivity index (χ0v) is 15.5. The molecule has 130 valence electrons. The molecule has 1 heterocycles. The molecular formula is C18H38N4. The molecule has 0 amide bonds. The average molecular weight is 311 g/mol. The second kappa shape index (κ2) is 10.9. The number of guanidine groups is 1. The van der Waals surface area contributed by atoms with Crippen molar-refractivity contribution in [3.63, 3.8) is 0 Å². The van der Waals surface area contributed by atoms with E-state index in [-0.39, 0.29) is 0 Å². The lowest BCUT2D eigenvalue weighted by molar-refractivity contribution is 0.141. The van der Waals surface area contributed by atoms with Crippen LogP contribution in [0.5, 0.6) is 0 Å². The van der Waals surface area contributed by atoms with Crippen LogP contribution in [-0.2, 0) is 0 Å². The van der Waals surface area contributed by atoms with E-state index in [2.05, 4.69) is 48.2 Å². The number of nitrogens with one attached hydrogen (secondary N) is 2. The van der Waals surface area contributed by atoms with Crippen LogP contribution >= 0.6 is 0 Å². The van der Waals surface area contributed by atoms with Gasteiger partial charge in [-0.05, 0) is 52.5 Å². The van der Waals surface area contributed by atoms with Gasteiger partial charge in [-0.15, -0.1) is 0 Å². The lowest BCUT2D eigenvalue weighted by Crippen LogP contribution is -2.47. The number of likely N-dealkylation sites (tertiary alicyclic amines) is 1. The summed E-state index contributed by atoms with van der Waals surface area (Å²) in [5.41, 5.74) is 0. The summed E-state index contributed by atoms with van der Waals surface area (Å²) in [4.78, 5) is 6.97. The minimum Gasteiger partial charge on any atom is -0.356 e. The molecule has 1 rings (SSSR count). The van der Waals surface area contributed by atoms with Crippen molar-refractivity contribution < 1.29 is 0 Å². The highest BCUT2D eigenvalue weighted by molar-refractivity contribution is 5.79. The van der Waals surface area contributed by atoms with Gasteiger partial charge in [0.15, 0.2) is 5.96 Å². The Balaban J connectivity index is 2.28. The number of unbranched alkanes of at least 4 members (excludes halogenated alkanes) is 2. The van der Waals surface area contributed by atoms with Crippen LogP contribution < -0.4 is 10.6 Å². The summed E-state index contributed by atoms with van der Waals surface area (Å²) in [6.07, 6.45) is 7.79. The van der Waals surface area contributed by atoms with Crippen LogP contribution in [0.1, 0.15) is 66.2 Å². The fourth-order valence-electron chi connectivity index (χ4n) is 3.17. The summed E-state index contributed by atoms with van der Waals surface area (Å²) >= 11 is 0. The van der Waals surface area contributed by atoms with Crippen molar-refractivity contribution in [3.8, 4) is 0 Å². The van der Waals surface area contributed by atoms with Crippen molar-refractivity contribution in [2.75, 3.05) is 26.7 Å². The molecule has 22 heavy (non-hydrogen) atoms. The molecule has 2 atom stereocenters. The summed E-state index contributed by atoms with van der Waals surface area (Å²) < 4.78 is 0. The Morgan fingerprint density at radius 1 is 1.27 bits per heavy atom. The summed E-state index contributed by atoms with van der Waals surface area (Å²) in [7, 11) is 1.87. The maximum Gasteiger partial charge on any atom is 0.191 e. The lowest BCUT2D eigenvalue weighted by Gasteiger charge is -2.35. The zero-order chi connectivity index (χ0) is 16.4. The Kier molecular flexibility index (Phi) is 9.53.